The number of fused-ring (bicyclic) bond motifs is 3. The van der Waals surface area contributed by atoms with Crippen molar-refractivity contribution in [3.63, 3.8) is 0 Å². The Kier molecular flexibility index (Phi) is 12.0. The van der Waals surface area contributed by atoms with Gasteiger partial charge < -0.3 is 4.57 Å². The maximum absolute atomic E-state index is 5.56. The van der Waals surface area contributed by atoms with Crippen LogP contribution in [-0.2, 0) is 21.7 Å². The number of rotatable bonds is 7. The van der Waals surface area contributed by atoms with Gasteiger partial charge in [-0.3, -0.25) is 0 Å². The minimum atomic E-state index is -0.104. The Morgan fingerprint density at radius 1 is 0.347 bits per heavy atom. The van der Waals surface area contributed by atoms with E-state index in [2.05, 4.69) is 240 Å². The Labute approximate surface area is 426 Å². The molecule has 360 valence electrons. The molecule has 6 heteroatoms. The van der Waals surface area contributed by atoms with Gasteiger partial charge in [-0.05, 0) is 117 Å². The summed E-state index contributed by atoms with van der Waals surface area (Å²) in [5.41, 5.74) is 16.5. The van der Waals surface area contributed by atoms with Gasteiger partial charge in [-0.15, -0.1) is 0 Å². The first kappa shape index (κ1) is 48.1. The molecule has 0 amide bonds. The van der Waals surface area contributed by atoms with E-state index in [1.54, 1.807) is 0 Å². The van der Waals surface area contributed by atoms with Crippen molar-refractivity contribution in [2.45, 2.75) is 112 Å². The molecule has 3 aromatic heterocycles. The quantitative estimate of drug-likeness (QED) is 0.159. The second-order valence-electron chi connectivity index (χ2n) is 23.7. The average Bonchev–Trinajstić information content (AvgIpc) is 3.68. The summed E-state index contributed by atoms with van der Waals surface area (Å²) in [6.07, 6.45) is 1.98. The molecule has 0 aliphatic rings. The number of nitrogens with zero attached hydrogens (tertiary/aromatic N) is 6. The largest absolute Gasteiger partial charge is 0.309 e. The summed E-state index contributed by atoms with van der Waals surface area (Å²) in [6.45, 7) is 29.3. The fourth-order valence-corrected chi connectivity index (χ4v) is 9.64. The Balaban J connectivity index is 1.28. The Morgan fingerprint density at radius 2 is 0.861 bits per heavy atom. The topological polar surface area (TPSA) is 69.4 Å². The second kappa shape index (κ2) is 17.9. The Morgan fingerprint density at radius 3 is 1.46 bits per heavy atom. The zero-order valence-corrected chi connectivity index (χ0v) is 44.3. The SMILES string of the molecule is Cc1cc(-c2nc(-c3cc(C(C)(C)C)cc(C(C)(C)C)c3)nc(-c3ccc(-n4c5ccccc5c5cc(C(C)(C)C)ccc54)c(-c4ncc(-c5ccccc5)c(-c5ccccc5)n4)c3)n2)cc(C(C)(C)C)c1. The van der Waals surface area contributed by atoms with Crippen LogP contribution in [0.3, 0.4) is 0 Å². The molecule has 0 fully saturated rings. The van der Waals surface area contributed by atoms with Crippen LogP contribution in [0.4, 0.5) is 0 Å². The van der Waals surface area contributed by atoms with E-state index in [1.165, 1.54) is 33.0 Å². The maximum atomic E-state index is 5.56. The molecule has 0 radical (unpaired) electrons. The van der Waals surface area contributed by atoms with E-state index < -0.39 is 0 Å². The average molecular weight is 943 g/mol. The normalized spacial score (nSPS) is 12.5. The molecular weight excluding hydrogens is 877 g/mol. The van der Waals surface area contributed by atoms with Gasteiger partial charge >= 0.3 is 0 Å². The smallest absolute Gasteiger partial charge is 0.164 e. The third-order valence-electron chi connectivity index (χ3n) is 14.0. The minimum absolute atomic E-state index is 0.0240. The summed E-state index contributed by atoms with van der Waals surface area (Å²) >= 11 is 0. The molecule has 10 aromatic rings. The first-order chi connectivity index (χ1) is 34.1. The van der Waals surface area contributed by atoms with Gasteiger partial charge in [-0.2, -0.15) is 0 Å². The molecule has 0 spiro atoms. The van der Waals surface area contributed by atoms with Gasteiger partial charge in [0.15, 0.2) is 23.3 Å². The molecule has 0 aliphatic carbocycles. The highest BCUT2D eigenvalue weighted by molar-refractivity contribution is 6.10. The van der Waals surface area contributed by atoms with Crippen LogP contribution in [0, 0.1) is 6.92 Å². The number of para-hydroxylation sites is 1. The van der Waals surface area contributed by atoms with Crippen molar-refractivity contribution in [3.8, 4) is 73.6 Å². The lowest BCUT2D eigenvalue weighted by atomic mass is 9.79. The lowest BCUT2D eigenvalue weighted by Gasteiger charge is -2.26. The monoisotopic (exact) mass is 943 g/mol. The van der Waals surface area contributed by atoms with Crippen molar-refractivity contribution in [1.82, 2.24) is 29.5 Å². The molecule has 3 heterocycles. The second-order valence-corrected chi connectivity index (χ2v) is 23.7. The first-order valence-electron chi connectivity index (χ1n) is 25.3. The Bertz CT molecular complexity index is 3630. The predicted molar refractivity (Wildman–Crippen MR) is 302 cm³/mol. The van der Waals surface area contributed by atoms with Crippen molar-refractivity contribution < 1.29 is 0 Å². The zero-order valence-electron chi connectivity index (χ0n) is 44.3. The number of aromatic nitrogens is 6. The molecule has 6 nitrogen and oxygen atoms in total. The lowest BCUT2D eigenvalue weighted by molar-refractivity contribution is 0.569. The fraction of sp³-hybridized carbons (Fsp3) is 0.258. The van der Waals surface area contributed by atoms with Gasteiger partial charge in [0.1, 0.15) is 0 Å². The van der Waals surface area contributed by atoms with Crippen LogP contribution in [0.15, 0.2) is 164 Å². The zero-order chi connectivity index (χ0) is 50.9. The highest BCUT2D eigenvalue weighted by Gasteiger charge is 2.26. The van der Waals surface area contributed by atoms with E-state index in [9.17, 15) is 0 Å². The number of aryl methyl sites for hydroxylation is 1. The fourth-order valence-electron chi connectivity index (χ4n) is 9.64. The van der Waals surface area contributed by atoms with Crippen LogP contribution in [0.25, 0.3) is 95.4 Å². The molecule has 0 atom stereocenters. The highest BCUT2D eigenvalue weighted by atomic mass is 15.0. The lowest BCUT2D eigenvalue weighted by Crippen LogP contribution is -2.17. The van der Waals surface area contributed by atoms with E-state index in [1.807, 2.05) is 18.3 Å². The molecule has 0 N–H and O–H groups in total. The van der Waals surface area contributed by atoms with Crippen LogP contribution >= 0.6 is 0 Å². The highest BCUT2D eigenvalue weighted by Crippen LogP contribution is 2.42. The molecule has 10 rings (SSSR count). The molecule has 0 saturated heterocycles. The third-order valence-corrected chi connectivity index (χ3v) is 14.0. The van der Waals surface area contributed by atoms with Gasteiger partial charge in [-0.1, -0.05) is 186 Å². The van der Waals surface area contributed by atoms with E-state index in [0.29, 0.717) is 23.3 Å². The van der Waals surface area contributed by atoms with E-state index in [0.717, 1.165) is 66.9 Å². The van der Waals surface area contributed by atoms with Crippen molar-refractivity contribution in [2.75, 3.05) is 0 Å². The van der Waals surface area contributed by atoms with Gasteiger partial charge in [0.2, 0.25) is 0 Å². The van der Waals surface area contributed by atoms with E-state index in [4.69, 9.17) is 24.9 Å². The summed E-state index contributed by atoms with van der Waals surface area (Å²) in [6, 6.07) is 56.6. The molecule has 0 bridgehead atoms. The van der Waals surface area contributed by atoms with Crippen LogP contribution < -0.4 is 0 Å². The van der Waals surface area contributed by atoms with Crippen molar-refractivity contribution in [1.29, 1.82) is 0 Å². The van der Waals surface area contributed by atoms with Crippen molar-refractivity contribution in [3.05, 3.63) is 192 Å². The predicted octanol–water partition coefficient (Wildman–Crippen LogP) is 17.3. The van der Waals surface area contributed by atoms with E-state index in [-0.39, 0.29) is 21.7 Å². The molecule has 0 saturated carbocycles. The maximum Gasteiger partial charge on any atom is 0.164 e. The standard InChI is InChI=1S/C66H66N6/c1-41-32-45(34-48(33-41)64(5,6)7)60-69-59(70-61(71-60)46-35-49(65(8,9)10)38-50(36-46)66(11,12)13)44-28-30-57(72-55-27-21-20-26-51(55)52-39-47(63(2,3)4)29-31-56(52)72)53(37-44)62-67-40-54(42-22-16-14-17-23-42)58(68-62)43-24-18-15-19-25-43/h14-40H,1-13H3. The van der Waals surface area contributed by atoms with Crippen LogP contribution in [-0.4, -0.2) is 29.5 Å². The van der Waals surface area contributed by atoms with Crippen LogP contribution in [0.5, 0.6) is 0 Å². The van der Waals surface area contributed by atoms with E-state index >= 15 is 0 Å². The summed E-state index contributed by atoms with van der Waals surface area (Å²) in [5, 5.41) is 2.38. The summed E-state index contributed by atoms with van der Waals surface area (Å²) in [7, 11) is 0. The molecule has 72 heavy (non-hydrogen) atoms. The molecule has 7 aromatic carbocycles. The Hall–Kier alpha value is -7.57. The van der Waals surface area contributed by atoms with Crippen LogP contribution in [0.1, 0.15) is 111 Å². The number of hydrogen-bond acceptors (Lipinski definition) is 5. The van der Waals surface area contributed by atoms with Crippen molar-refractivity contribution in [2.24, 2.45) is 0 Å². The summed E-state index contributed by atoms with van der Waals surface area (Å²) in [5.74, 6) is 2.42. The van der Waals surface area contributed by atoms with Crippen LogP contribution in [0.2, 0.25) is 0 Å². The molecule has 0 aliphatic heterocycles. The number of benzene rings is 7. The minimum Gasteiger partial charge on any atom is -0.309 e. The third kappa shape index (κ3) is 9.39. The van der Waals surface area contributed by atoms with Gasteiger partial charge in [0, 0.05) is 50.4 Å². The first-order valence-corrected chi connectivity index (χ1v) is 25.3. The van der Waals surface area contributed by atoms with Crippen molar-refractivity contribution >= 4 is 21.8 Å². The van der Waals surface area contributed by atoms with Gasteiger partial charge in [0.25, 0.3) is 0 Å². The van der Waals surface area contributed by atoms with Gasteiger partial charge in [-0.25, -0.2) is 24.9 Å². The summed E-state index contributed by atoms with van der Waals surface area (Å²) < 4.78 is 2.38. The molecular formula is C66H66N6. The van der Waals surface area contributed by atoms with Gasteiger partial charge in [0.05, 0.1) is 22.4 Å². The summed E-state index contributed by atoms with van der Waals surface area (Å²) in [4.78, 5) is 27.1. The molecule has 0 unspecified atom stereocenters. The number of hydrogen-bond donors (Lipinski definition) is 0.